The molecule has 0 heterocycles. The Balaban J connectivity index is 2.24. The van der Waals surface area contributed by atoms with Crippen molar-refractivity contribution >= 4 is 11.9 Å². The molecule has 2 aromatic carbocycles. The molecule has 0 bridgehead atoms. The maximum absolute atomic E-state index is 12.9. The number of esters is 1. The van der Waals surface area contributed by atoms with Gasteiger partial charge in [-0.1, -0.05) is 51.1 Å². The van der Waals surface area contributed by atoms with E-state index < -0.39 is 11.9 Å². The normalized spacial score (nSPS) is 13.2. The van der Waals surface area contributed by atoms with Crippen LogP contribution in [0.15, 0.2) is 36.4 Å². The fourth-order valence-electron chi connectivity index (χ4n) is 3.77. The first-order valence-corrected chi connectivity index (χ1v) is 10.2. The Labute approximate surface area is 173 Å². The van der Waals surface area contributed by atoms with Crippen molar-refractivity contribution in [1.82, 2.24) is 0 Å². The quantitative estimate of drug-likeness (QED) is 0.453. The summed E-state index contributed by atoms with van der Waals surface area (Å²) in [7, 11) is 0. The van der Waals surface area contributed by atoms with Crippen LogP contribution in [-0.2, 0) is 16.0 Å². The minimum atomic E-state index is -0.871. The molecule has 0 radical (unpaired) electrons. The van der Waals surface area contributed by atoms with Crippen molar-refractivity contribution in [2.24, 2.45) is 5.92 Å². The molecule has 1 unspecified atom stereocenters. The van der Waals surface area contributed by atoms with E-state index in [-0.39, 0.29) is 18.3 Å². The van der Waals surface area contributed by atoms with E-state index in [9.17, 15) is 9.59 Å². The zero-order valence-electron chi connectivity index (χ0n) is 18.3. The second-order valence-corrected chi connectivity index (χ2v) is 8.47. The van der Waals surface area contributed by atoms with Crippen LogP contribution in [-0.4, -0.2) is 17.0 Å². The van der Waals surface area contributed by atoms with Crippen molar-refractivity contribution in [3.63, 3.8) is 0 Å². The van der Waals surface area contributed by atoms with Gasteiger partial charge in [-0.3, -0.25) is 9.59 Å². The van der Waals surface area contributed by atoms with Crippen LogP contribution in [0.3, 0.4) is 0 Å². The largest absolute Gasteiger partial charge is 0.481 e. The first kappa shape index (κ1) is 22.7. The van der Waals surface area contributed by atoms with Crippen molar-refractivity contribution in [2.75, 3.05) is 0 Å². The molecule has 0 spiro atoms. The lowest BCUT2D eigenvalue weighted by Gasteiger charge is -2.20. The van der Waals surface area contributed by atoms with E-state index in [1.54, 1.807) is 0 Å². The lowest BCUT2D eigenvalue weighted by Crippen LogP contribution is -2.18. The van der Waals surface area contributed by atoms with E-state index in [0.717, 1.165) is 28.7 Å². The number of aryl methyl sites for hydroxylation is 2. The van der Waals surface area contributed by atoms with Gasteiger partial charge in [0.05, 0.1) is 12.3 Å². The second-order valence-electron chi connectivity index (χ2n) is 8.47. The number of ether oxygens (including phenoxy) is 1. The molecule has 2 rings (SSSR count). The molecule has 0 aromatic heterocycles. The van der Waals surface area contributed by atoms with Crippen LogP contribution in [0.2, 0.25) is 0 Å². The van der Waals surface area contributed by atoms with Crippen molar-refractivity contribution in [3.05, 3.63) is 64.2 Å². The van der Waals surface area contributed by atoms with Crippen molar-refractivity contribution < 1.29 is 19.4 Å². The lowest BCUT2D eigenvalue weighted by molar-refractivity contribution is -0.137. The molecule has 0 aliphatic carbocycles. The summed E-state index contributed by atoms with van der Waals surface area (Å²) in [4.78, 5) is 24.0. The third-order valence-corrected chi connectivity index (χ3v) is 5.15. The van der Waals surface area contributed by atoms with Crippen LogP contribution < -0.4 is 4.74 Å². The SMILES string of the molecule is Cc1cc(C)c(C(C)CC(=O)O)c(OC(=O)[C@@H](C)c2ccc(CC(C)C)cc2)c1. The molecule has 0 fully saturated rings. The Bertz CT molecular complexity index is 865. The summed E-state index contributed by atoms with van der Waals surface area (Å²) in [5.41, 5.74) is 4.86. The van der Waals surface area contributed by atoms with E-state index in [1.165, 1.54) is 5.56 Å². The Kier molecular flexibility index (Phi) is 7.60. The Morgan fingerprint density at radius 2 is 1.62 bits per heavy atom. The molecule has 0 saturated carbocycles. The number of hydrogen-bond donors (Lipinski definition) is 1. The molecular weight excluding hydrogens is 364 g/mol. The summed E-state index contributed by atoms with van der Waals surface area (Å²) in [5.74, 6) is -0.823. The summed E-state index contributed by atoms with van der Waals surface area (Å²) in [6.07, 6.45) is 0.994. The zero-order valence-corrected chi connectivity index (χ0v) is 18.3. The second kappa shape index (κ2) is 9.73. The molecule has 0 aliphatic rings. The van der Waals surface area contributed by atoms with Crippen LogP contribution in [0.1, 0.15) is 73.8 Å². The zero-order chi connectivity index (χ0) is 21.7. The maximum atomic E-state index is 12.9. The first-order valence-electron chi connectivity index (χ1n) is 10.2. The first-order chi connectivity index (χ1) is 13.6. The average Bonchev–Trinajstić information content (AvgIpc) is 2.59. The molecular formula is C25H32O4. The van der Waals surface area contributed by atoms with E-state index in [1.807, 2.05) is 52.0 Å². The predicted molar refractivity (Wildman–Crippen MR) is 116 cm³/mol. The fraction of sp³-hybridized carbons (Fsp3) is 0.440. The number of carboxylic acids is 1. The van der Waals surface area contributed by atoms with Gasteiger partial charge >= 0.3 is 11.9 Å². The smallest absolute Gasteiger partial charge is 0.318 e. The van der Waals surface area contributed by atoms with Gasteiger partial charge < -0.3 is 9.84 Å². The summed E-state index contributed by atoms with van der Waals surface area (Å²) in [5, 5.41) is 9.17. The van der Waals surface area contributed by atoms with Gasteiger partial charge in [-0.2, -0.15) is 0 Å². The standard InChI is InChI=1S/C25H32O4/c1-15(2)11-20-7-9-21(10-8-20)19(6)25(28)29-22-13-16(3)12-17(4)24(22)18(5)14-23(26)27/h7-10,12-13,15,18-19H,11,14H2,1-6H3,(H,26,27)/t18?,19-/m0/s1. The van der Waals surface area contributed by atoms with Crippen LogP contribution in [0.4, 0.5) is 0 Å². The third-order valence-electron chi connectivity index (χ3n) is 5.15. The van der Waals surface area contributed by atoms with Crippen LogP contribution >= 0.6 is 0 Å². The molecule has 2 aromatic rings. The Morgan fingerprint density at radius 1 is 1.00 bits per heavy atom. The summed E-state index contributed by atoms with van der Waals surface area (Å²) < 4.78 is 5.79. The molecule has 4 nitrogen and oxygen atoms in total. The number of benzene rings is 2. The molecule has 0 saturated heterocycles. The number of carboxylic acid groups (broad SMARTS) is 1. The average molecular weight is 397 g/mol. The number of hydrogen-bond acceptors (Lipinski definition) is 3. The molecule has 156 valence electrons. The summed E-state index contributed by atoms with van der Waals surface area (Å²) >= 11 is 0. The number of carbonyl (C=O) groups excluding carboxylic acids is 1. The van der Waals surface area contributed by atoms with Crippen molar-refractivity contribution in [2.45, 2.75) is 66.2 Å². The van der Waals surface area contributed by atoms with Crippen molar-refractivity contribution in [1.29, 1.82) is 0 Å². The van der Waals surface area contributed by atoms with E-state index in [4.69, 9.17) is 9.84 Å². The highest BCUT2D eigenvalue weighted by Gasteiger charge is 2.23. The van der Waals surface area contributed by atoms with Gasteiger partial charge in [0.25, 0.3) is 0 Å². The minimum absolute atomic E-state index is 0.0126. The van der Waals surface area contributed by atoms with Gasteiger partial charge in [0.2, 0.25) is 0 Å². The number of rotatable bonds is 8. The minimum Gasteiger partial charge on any atom is -0.481 e. The van der Waals surface area contributed by atoms with E-state index >= 15 is 0 Å². The van der Waals surface area contributed by atoms with E-state index in [0.29, 0.717) is 11.7 Å². The predicted octanol–water partition coefficient (Wildman–Crippen LogP) is 5.79. The molecule has 2 atom stereocenters. The van der Waals surface area contributed by atoms with Gasteiger partial charge in [0, 0.05) is 5.56 Å². The highest BCUT2D eigenvalue weighted by molar-refractivity contribution is 5.80. The summed E-state index contributed by atoms with van der Waals surface area (Å²) in [6, 6.07) is 11.9. The Morgan fingerprint density at radius 3 is 2.17 bits per heavy atom. The van der Waals surface area contributed by atoms with Crippen LogP contribution in [0.25, 0.3) is 0 Å². The third kappa shape index (κ3) is 6.18. The van der Waals surface area contributed by atoms with Crippen LogP contribution in [0.5, 0.6) is 5.75 Å². The Hall–Kier alpha value is -2.62. The molecule has 1 N–H and O–H groups in total. The van der Waals surface area contributed by atoms with E-state index in [2.05, 4.69) is 26.0 Å². The topological polar surface area (TPSA) is 63.6 Å². The van der Waals surface area contributed by atoms with Crippen LogP contribution in [0, 0.1) is 19.8 Å². The molecule has 0 amide bonds. The van der Waals surface area contributed by atoms with Gasteiger partial charge in [0.15, 0.2) is 0 Å². The van der Waals surface area contributed by atoms with Gasteiger partial charge in [0.1, 0.15) is 5.75 Å². The van der Waals surface area contributed by atoms with Gasteiger partial charge in [-0.25, -0.2) is 0 Å². The van der Waals surface area contributed by atoms with Crippen molar-refractivity contribution in [3.8, 4) is 5.75 Å². The summed E-state index contributed by atoms with van der Waals surface area (Å²) in [6.45, 7) is 11.9. The highest BCUT2D eigenvalue weighted by Crippen LogP contribution is 2.34. The maximum Gasteiger partial charge on any atom is 0.318 e. The number of carbonyl (C=O) groups is 2. The molecule has 29 heavy (non-hydrogen) atoms. The van der Waals surface area contributed by atoms with Gasteiger partial charge in [-0.15, -0.1) is 0 Å². The lowest BCUT2D eigenvalue weighted by atomic mass is 9.91. The number of aliphatic carboxylic acids is 1. The monoisotopic (exact) mass is 396 g/mol. The fourth-order valence-corrected chi connectivity index (χ4v) is 3.77. The van der Waals surface area contributed by atoms with Gasteiger partial charge in [-0.05, 0) is 67.3 Å². The highest BCUT2D eigenvalue weighted by atomic mass is 16.5. The molecule has 4 heteroatoms. The molecule has 0 aliphatic heterocycles.